The van der Waals surface area contributed by atoms with Crippen LogP contribution in [0.2, 0.25) is 0 Å². The Morgan fingerprint density at radius 1 is 0.900 bits per heavy atom. The SMILES string of the molecule is CCCCCCCC1CCCC12c1cc(Br)ccc1-c1ccc(Br)c3cccc2c13. The summed E-state index contributed by atoms with van der Waals surface area (Å²) in [6.45, 7) is 2.30. The fourth-order valence-electron chi connectivity index (χ4n) is 6.40. The zero-order valence-corrected chi connectivity index (χ0v) is 21.0. The van der Waals surface area contributed by atoms with Crippen molar-refractivity contribution >= 4 is 42.6 Å². The summed E-state index contributed by atoms with van der Waals surface area (Å²) in [4.78, 5) is 0. The summed E-state index contributed by atoms with van der Waals surface area (Å²) in [6.07, 6.45) is 12.2. The molecule has 0 nitrogen and oxygen atoms in total. The molecule has 3 aromatic rings. The van der Waals surface area contributed by atoms with Crippen LogP contribution >= 0.6 is 31.9 Å². The van der Waals surface area contributed by atoms with Crippen LogP contribution in [0.25, 0.3) is 21.9 Å². The van der Waals surface area contributed by atoms with Gasteiger partial charge in [0, 0.05) is 14.4 Å². The van der Waals surface area contributed by atoms with Crippen LogP contribution in [0.1, 0.15) is 75.8 Å². The summed E-state index contributed by atoms with van der Waals surface area (Å²) in [6, 6.07) is 18.6. The van der Waals surface area contributed by atoms with E-state index in [0.717, 1.165) is 5.92 Å². The van der Waals surface area contributed by atoms with Crippen LogP contribution in [-0.4, -0.2) is 0 Å². The van der Waals surface area contributed by atoms with Gasteiger partial charge in [-0.2, -0.15) is 0 Å². The first kappa shape index (κ1) is 20.8. The molecule has 0 aliphatic heterocycles. The summed E-state index contributed by atoms with van der Waals surface area (Å²) < 4.78 is 2.43. The van der Waals surface area contributed by atoms with E-state index in [4.69, 9.17) is 0 Å². The van der Waals surface area contributed by atoms with Crippen molar-refractivity contribution in [2.75, 3.05) is 0 Å². The van der Waals surface area contributed by atoms with Crippen molar-refractivity contribution in [3.05, 3.63) is 68.6 Å². The van der Waals surface area contributed by atoms with Crippen LogP contribution in [0, 0.1) is 5.92 Å². The lowest BCUT2D eigenvalue weighted by Gasteiger charge is -2.43. The third-order valence-corrected chi connectivity index (χ3v) is 8.88. The lowest BCUT2D eigenvalue weighted by molar-refractivity contribution is 0.340. The molecule has 0 amide bonds. The van der Waals surface area contributed by atoms with Gasteiger partial charge in [-0.15, -0.1) is 0 Å². The smallest absolute Gasteiger partial charge is 0.0254 e. The molecular weight excluding hydrogens is 496 g/mol. The van der Waals surface area contributed by atoms with Crippen molar-refractivity contribution in [2.45, 2.75) is 70.1 Å². The molecule has 3 aromatic carbocycles. The average molecular weight is 526 g/mol. The fraction of sp³-hybridized carbons (Fsp3) is 0.429. The number of fused-ring (bicyclic) bond motifs is 4. The quantitative estimate of drug-likeness (QED) is 0.281. The second-order valence-corrected chi connectivity index (χ2v) is 11.0. The Kier molecular flexibility index (Phi) is 5.84. The molecule has 0 aromatic heterocycles. The molecule has 0 bridgehead atoms. The van der Waals surface area contributed by atoms with Crippen LogP contribution in [0.15, 0.2) is 57.5 Å². The molecule has 0 radical (unpaired) electrons. The Morgan fingerprint density at radius 3 is 2.60 bits per heavy atom. The topological polar surface area (TPSA) is 0 Å². The van der Waals surface area contributed by atoms with E-state index in [9.17, 15) is 0 Å². The maximum absolute atomic E-state index is 3.84. The van der Waals surface area contributed by atoms with Crippen molar-refractivity contribution in [1.29, 1.82) is 0 Å². The van der Waals surface area contributed by atoms with E-state index in [1.165, 1.54) is 88.6 Å². The van der Waals surface area contributed by atoms with Gasteiger partial charge < -0.3 is 0 Å². The highest BCUT2D eigenvalue weighted by Crippen LogP contribution is 2.60. The van der Waals surface area contributed by atoms with E-state index < -0.39 is 0 Å². The second kappa shape index (κ2) is 8.43. The molecule has 5 rings (SSSR count). The van der Waals surface area contributed by atoms with Gasteiger partial charge in [0.15, 0.2) is 0 Å². The van der Waals surface area contributed by atoms with Crippen LogP contribution in [0.4, 0.5) is 0 Å². The molecule has 2 aliphatic carbocycles. The molecule has 0 N–H and O–H groups in total. The van der Waals surface area contributed by atoms with Crippen molar-refractivity contribution in [2.24, 2.45) is 5.92 Å². The zero-order valence-electron chi connectivity index (χ0n) is 17.8. The van der Waals surface area contributed by atoms with E-state index in [1.54, 1.807) is 11.1 Å². The van der Waals surface area contributed by atoms with Crippen molar-refractivity contribution < 1.29 is 0 Å². The van der Waals surface area contributed by atoms with E-state index >= 15 is 0 Å². The van der Waals surface area contributed by atoms with Crippen molar-refractivity contribution in [3.63, 3.8) is 0 Å². The van der Waals surface area contributed by atoms with Gasteiger partial charge in [0.05, 0.1) is 0 Å². The van der Waals surface area contributed by atoms with Gasteiger partial charge in [-0.1, -0.05) is 108 Å². The summed E-state index contributed by atoms with van der Waals surface area (Å²) in [5.41, 5.74) is 6.17. The van der Waals surface area contributed by atoms with Gasteiger partial charge in [-0.25, -0.2) is 0 Å². The number of unbranched alkanes of at least 4 members (excludes halogenated alkanes) is 4. The molecule has 2 heteroatoms. The van der Waals surface area contributed by atoms with Gasteiger partial charge >= 0.3 is 0 Å². The summed E-state index contributed by atoms with van der Waals surface area (Å²) in [5, 5.41) is 2.85. The van der Waals surface area contributed by atoms with E-state index in [2.05, 4.69) is 87.3 Å². The van der Waals surface area contributed by atoms with Gasteiger partial charge in [-0.3, -0.25) is 0 Å². The van der Waals surface area contributed by atoms with Gasteiger partial charge in [0.2, 0.25) is 0 Å². The van der Waals surface area contributed by atoms with E-state index in [1.807, 2.05) is 0 Å². The molecule has 1 fully saturated rings. The average Bonchev–Trinajstić information content (AvgIpc) is 3.17. The summed E-state index contributed by atoms with van der Waals surface area (Å²) >= 11 is 7.64. The van der Waals surface area contributed by atoms with Crippen LogP contribution < -0.4 is 0 Å². The molecule has 0 saturated heterocycles. The lowest BCUT2D eigenvalue weighted by atomic mass is 9.60. The van der Waals surface area contributed by atoms with Crippen LogP contribution in [-0.2, 0) is 5.41 Å². The number of benzene rings is 3. The van der Waals surface area contributed by atoms with Gasteiger partial charge in [0.1, 0.15) is 0 Å². The number of rotatable bonds is 6. The first-order valence-electron chi connectivity index (χ1n) is 11.7. The highest BCUT2D eigenvalue weighted by atomic mass is 79.9. The third kappa shape index (κ3) is 3.21. The third-order valence-electron chi connectivity index (χ3n) is 7.70. The Balaban J connectivity index is 1.68. The maximum atomic E-state index is 3.84. The fourth-order valence-corrected chi connectivity index (χ4v) is 7.23. The largest absolute Gasteiger partial charge is 0.0654 e. The molecule has 2 aliphatic rings. The standard InChI is InChI=1S/C28H30Br2/c1-2-3-4-5-6-9-19-10-8-17-28(19)24-12-7-11-23-26(30)16-15-22(27(23)24)21-14-13-20(29)18-25(21)28/h7,11-16,18-19H,2-6,8-10,17H2,1H3. The zero-order chi connectivity index (χ0) is 20.7. The summed E-state index contributed by atoms with van der Waals surface area (Å²) in [5.74, 6) is 0.741. The lowest BCUT2D eigenvalue weighted by Crippen LogP contribution is -2.35. The van der Waals surface area contributed by atoms with Crippen LogP contribution in [0.5, 0.6) is 0 Å². The van der Waals surface area contributed by atoms with E-state index in [0.29, 0.717) is 0 Å². The molecule has 2 atom stereocenters. The van der Waals surface area contributed by atoms with Gasteiger partial charge in [-0.05, 0) is 76.4 Å². The predicted molar refractivity (Wildman–Crippen MR) is 136 cm³/mol. The predicted octanol–water partition coefficient (Wildman–Crippen LogP) is 9.79. The molecule has 1 saturated carbocycles. The Labute approximate surface area is 197 Å². The Hall–Kier alpha value is -1.12. The minimum Gasteiger partial charge on any atom is -0.0654 e. The number of hydrogen-bond acceptors (Lipinski definition) is 0. The molecule has 2 unspecified atom stereocenters. The first-order chi connectivity index (χ1) is 14.7. The minimum atomic E-state index is 0.164. The normalized spacial score (nSPS) is 22.0. The second-order valence-electron chi connectivity index (χ2n) is 9.28. The molecule has 1 spiro atoms. The Morgan fingerprint density at radius 2 is 1.73 bits per heavy atom. The maximum Gasteiger partial charge on any atom is 0.0254 e. The van der Waals surface area contributed by atoms with E-state index in [-0.39, 0.29) is 5.41 Å². The van der Waals surface area contributed by atoms with Gasteiger partial charge in [0.25, 0.3) is 0 Å². The highest BCUT2D eigenvalue weighted by molar-refractivity contribution is 9.11. The first-order valence-corrected chi connectivity index (χ1v) is 13.3. The molecule has 0 heterocycles. The molecular formula is C28H30Br2. The molecule has 30 heavy (non-hydrogen) atoms. The monoisotopic (exact) mass is 524 g/mol. The summed E-state index contributed by atoms with van der Waals surface area (Å²) in [7, 11) is 0. The number of halogens is 2. The highest BCUT2D eigenvalue weighted by Gasteiger charge is 2.49. The minimum absolute atomic E-state index is 0.164. The van der Waals surface area contributed by atoms with Crippen LogP contribution in [0.3, 0.4) is 0 Å². The molecule has 156 valence electrons. The number of hydrogen-bond donors (Lipinski definition) is 0. The van der Waals surface area contributed by atoms with Crippen molar-refractivity contribution in [3.8, 4) is 11.1 Å². The Bertz CT molecular complexity index is 1080. The van der Waals surface area contributed by atoms with Crippen molar-refractivity contribution in [1.82, 2.24) is 0 Å².